The fraction of sp³-hybridized carbons (Fsp3) is 0.435. The summed E-state index contributed by atoms with van der Waals surface area (Å²) in [6.07, 6.45) is 1.40. The van der Waals surface area contributed by atoms with Crippen LogP contribution >= 0.6 is 0 Å². The first-order valence-electron chi connectivity index (χ1n) is 11.0. The molecule has 1 fully saturated rings. The van der Waals surface area contributed by atoms with Gasteiger partial charge in [0, 0.05) is 18.7 Å². The van der Waals surface area contributed by atoms with Gasteiger partial charge in [0.2, 0.25) is 5.91 Å². The zero-order valence-corrected chi connectivity index (χ0v) is 19.0. The van der Waals surface area contributed by atoms with Crippen molar-refractivity contribution in [2.75, 3.05) is 26.8 Å². The van der Waals surface area contributed by atoms with E-state index in [9.17, 15) is 14.4 Å². The fourth-order valence-corrected chi connectivity index (χ4v) is 4.07. The molecule has 10 nitrogen and oxygen atoms in total. The van der Waals surface area contributed by atoms with Crippen molar-refractivity contribution in [2.45, 2.75) is 33.2 Å². The molecule has 3 heterocycles. The second-order valence-electron chi connectivity index (χ2n) is 8.00. The van der Waals surface area contributed by atoms with E-state index in [-0.39, 0.29) is 24.3 Å². The van der Waals surface area contributed by atoms with Crippen LogP contribution in [-0.4, -0.2) is 63.0 Å². The molecule has 1 saturated heterocycles. The Morgan fingerprint density at radius 1 is 1.18 bits per heavy atom. The van der Waals surface area contributed by atoms with Gasteiger partial charge >= 0.3 is 5.97 Å². The molecular weight excluding hydrogens is 426 g/mol. The quantitative estimate of drug-likeness (QED) is 0.523. The molecule has 0 aliphatic carbocycles. The molecule has 0 radical (unpaired) electrons. The molecule has 33 heavy (non-hydrogen) atoms. The molecule has 174 valence electrons. The number of hydrogen-bond donors (Lipinski definition) is 0. The van der Waals surface area contributed by atoms with Crippen LogP contribution in [0.2, 0.25) is 0 Å². The van der Waals surface area contributed by atoms with E-state index >= 15 is 0 Å². The maximum absolute atomic E-state index is 13.1. The molecule has 10 heteroatoms. The maximum atomic E-state index is 13.1. The Bertz CT molecular complexity index is 1230. The molecule has 1 aliphatic rings. The number of aryl methyl sites for hydroxylation is 1. The van der Waals surface area contributed by atoms with E-state index in [1.807, 2.05) is 24.3 Å². The van der Waals surface area contributed by atoms with Crippen LogP contribution in [0.15, 0.2) is 35.1 Å². The molecule has 3 aromatic rings. The predicted octanol–water partition coefficient (Wildman–Crippen LogP) is 1.68. The summed E-state index contributed by atoms with van der Waals surface area (Å²) in [6.45, 7) is 4.44. The number of likely N-dealkylation sites (tertiary alicyclic amines) is 1. The van der Waals surface area contributed by atoms with E-state index < -0.39 is 5.56 Å². The zero-order valence-electron chi connectivity index (χ0n) is 19.0. The van der Waals surface area contributed by atoms with Crippen LogP contribution < -0.4 is 10.3 Å². The number of amides is 1. The second-order valence-corrected chi connectivity index (χ2v) is 8.00. The third-order valence-electron chi connectivity index (χ3n) is 5.80. The van der Waals surface area contributed by atoms with Crippen molar-refractivity contribution in [3.05, 3.63) is 46.5 Å². The molecule has 1 atom stereocenters. The van der Waals surface area contributed by atoms with Crippen LogP contribution in [0.1, 0.15) is 25.6 Å². The number of ether oxygens (including phenoxy) is 2. The fourth-order valence-electron chi connectivity index (χ4n) is 4.07. The minimum absolute atomic E-state index is 0.200. The Hall–Kier alpha value is -3.69. The molecule has 2 aromatic heterocycles. The van der Waals surface area contributed by atoms with E-state index in [4.69, 9.17) is 9.47 Å². The number of rotatable bonds is 6. The molecule has 0 saturated carbocycles. The van der Waals surface area contributed by atoms with Gasteiger partial charge in [-0.1, -0.05) is 0 Å². The van der Waals surface area contributed by atoms with Crippen molar-refractivity contribution in [1.82, 2.24) is 24.3 Å². The smallest absolute Gasteiger partial charge is 0.310 e. The minimum atomic E-state index is -0.403. The Balaban J connectivity index is 1.57. The second kappa shape index (κ2) is 9.43. The highest BCUT2D eigenvalue weighted by atomic mass is 16.5. The lowest BCUT2D eigenvalue weighted by Crippen LogP contribution is -2.45. The van der Waals surface area contributed by atoms with Gasteiger partial charge in [-0.05, 0) is 57.0 Å². The molecule has 1 aliphatic heterocycles. The first-order valence-corrected chi connectivity index (χ1v) is 11.0. The molecular formula is C23H27N5O5. The summed E-state index contributed by atoms with van der Waals surface area (Å²) in [5.41, 5.74) is 1.39. The average Bonchev–Trinajstić information content (AvgIpc) is 3.29. The summed E-state index contributed by atoms with van der Waals surface area (Å²) in [6, 6.07) is 9.06. The van der Waals surface area contributed by atoms with Crippen molar-refractivity contribution in [2.24, 2.45) is 5.92 Å². The first kappa shape index (κ1) is 22.5. The van der Waals surface area contributed by atoms with E-state index in [1.165, 1.54) is 9.20 Å². The molecule has 0 N–H and O–H groups in total. The summed E-state index contributed by atoms with van der Waals surface area (Å²) < 4.78 is 12.9. The maximum Gasteiger partial charge on any atom is 0.310 e. The number of carbonyl (C=O) groups excluding carboxylic acids is 2. The van der Waals surface area contributed by atoms with Gasteiger partial charge in [0.05, 0.1) is 25.3 Å². The van der Waals surface area contributed by atoms with Gasteiger partial charge in [-0.3, -0.25) is 14.4 Å². The summed E-state index contributed by atoms with van der Waals surface area (Å²) in [7, 11) is 1.60. The van der Waals surface area contributed by atoms with Gasteiger partial charge in [0.1, 0.15) is 23.6 Å². The SMILES string of the molecule is CCOC(=O)[C@H]1CCCN(C(=O)Cn2nc(C)n3nc(-c4ccc(OC)cc4)cc3c2=O)C1. The standard InChI is InChI=1S/C23H27N5O5/c1-4-33-23(31)17-6-5-11-26(13-17)21(29)14-27-22(30)20-12-19(25-28(20)15(2)24-27)16-7-9-18(32-3)10-8-16/h7-10,12,17H,4-6,11,13-14H2,1-3H3/t17-/m0/s1. The van der Waals surface area contributed by atoms with Gasteiger partial charge in [0.25, 0.3) is 5.56 Å². The van der Waals surface area contributed by atoms with Gasteiger partial charge in [0.15, 0.2) is 0 Å². The number of hydrogen-bond acceptors (Lipinski definition) is 7. The zero-order chi connectivity index (χ0) is 23.5. The van der Waals surface area contributed by atoms with Crippen LogP contribution in [0.5, 0.6) is 5.75 Å². The van der Waals surface area contributed by atoms with Crippen molar-refractivity contribution in [3.8, 4) is 17.0 Å². The molecule has 0 spiro atoms. The number of aromatic nitrogens is 4. The molecule has 4 rings (SSSR count). The topological polar surface area (TPSA) is 108 Å². The van der Waals surface area contributed by atoms with Crippen LogP contribution in [0.25, 0.3) is 16.8 Å². The molecule has 1 aromatic carbocycles. The molecule has 0 bridgehead atoms. The van der Waals surface area contributed by atoms with Crippen molar-refractivity contribution >= 4 is 17.4 Å². The number of esters is 1. The predicted molar refractivity (Wildman–Crippen MR) is 120 cm³/mol. The van der Waals surface area contributed by atoms with Gasteiger partial charge in [-0.25, -0.2) is 9.20 Å². The Morgan fingerprint density at radius 2 is 1.94 bits per heavy atom. The lowest BCUT2D eigenvalue weighted by Gasteiger charge is -2.31. The van der Waals surface area contributed by atoms with Gasteiger partial charge < -0.3 is 14.4 Å². The van der Waals surface area contributed by atoms with Crippen molar-refractivity contribution < 1.29 is 19.1 Å². The summed E-state index contributed by atoms with van der Waals surface area (Å²) >= 11 is 0. The summed E-state index contributed by atoms with van der Waals surface area (Å²) in [4.78, 5) is 39.7. The number of piperidine rings is 1. The Kier molecular flexibility index (Phi) is 6.43. The van der Waals surface area contributed by atoms with Crippen LogP contribution in [0.4, 0.5) is 0 Å². The van der Waals surface area contributed by atoms with Crippen molar-refractivity contribution in [1.29, 1.82) is 0 Å². The average molecular weight is 453 g/mol. The van der Waals surface area contributed by atoms with Gasteiger partial charge in [-0.15, -0.1) is 0 Å². The van der Waals surface area contributed by atoms with Crippen molar-refractivity contribution in [3.63, 3.8) is 0 Å². The third-order valence-corrected chi connectivity index (χ3v) is 5.80. The lowest BCUT2D eigenvalue weighted by molar-refractivity contribution is -0.151. The summed E-state index contributed by atoms with van der Waals surface area (Å²) in [5, 5.41) is 8.81. The molecule has 0 unspecified atom stereocenters. The van der Waals surface area contributed by atoms with E-state index in [2.05, 4.69) is 10.2 Å². The highest BCUT2D eigenvalue weighted by Gasteiger charge is 2.29. The normalized spacial score (nSPS) is 16.1. The molecule has 1 amide bonds. The van der Waals surface area contributed by atoms with E-state index in [0.717, 1.165) is 11.3 Å². The number of carbonyl (C=O) groups is 2. The number of benzene rings is 1. The van der Waals surface area contributed by atoms with Crippen LogP contribution in [0.3, 0.4) is 0 Å². The minimum Gasteiger partial charge on any atom is -0.497 e. The monoisotopic (exact) mass is 453 g/mol. The number of methoxy groups -OCH3 is 1. The highest BCUT2D eigenvalue weighted by Crippen LogP contribution is 2.22. The Labute approximate surface area is 190 Å². The first-order chi connectivity index (χ1) is 15.9. The Morgan fingerprint density at radius 3 is 2.64 bits per heavy atom. The van der Waals surface area contributed by atoms with Crippen LogP contribution in [0, 0.1) is 12.8 Å². The third kappa shape index (κ3) is 4.59. The van der Waals surface area contributed by atoms with E-state index in [1.54, 1.807) is 31.9 Å². The van der Waals surface area contributed by atoms with E-state index in [0.29, 0.717) is 49.6 Å². The number of nitrogens with zero attached hydrogens (tertiary/aromatic N) is 5. The lowest BCUT2D eigenvalue weighted by atomic mass is 9.98. The number of fused-ring (bicyclic) bond motifs is 1. The summed E-state index contributed by atoms with van der Waals surface area (Å²) in [5.74, 6) is 0.341. The largest absolute Gasteiger partial charge is 0.497 e. The van der Waals surface area contributed by atoms with Gasteiger partial charge in [-0.2, -0.15) is 10.2 Å². The highest BCUT2D eigenvalue weighted by molar-refractivity contribution is 5.78. The van der Waals surface area contributed by atoms with Crippen LogP contribution in [-0.2, 0) is 20.9 Å².